The van der Waals surface area contributed by atoms with Gasteiger partial charge >= 0.3 is 0 Å². The standard InChI is InChI=1S/C12H15N3OS/c1-9-3-10(6-16)4-12(14-9)15(2)5-11-7-17-8-13-11/h3-4,7-8,16H,5-6H2,1-2H3. The van der Waals surface area contributed by atoms with Crippen LogP contribution in [-0.4, -0.2) is 22.1 Å². The first-order valence-corrected chi connectivity index (χ1v) is 6.30. The quantitative estimate of drug-likeness (QED) is 0.900. The number of aryl methyl sites for hydroxylation is 1. The van der Waals surface area contributed by atoms with E-state index in [0.29, 0.717) is 0 Å². The molecule has 0 amide bonds. The highest BCUT2D eigenvalue weighted by Gasteiger charge is 2.07. The van der Waals surface area contributed by atoms with E-state index in [1.807, 2.05) is 41.9 Å². The summed E-state index contributed by atoms with van der Waals surface area (Å²) in [7, 11) is 1.97. The summed E-state index contributed by atoms with van der Waals surface area (Å²) in [6.07, 6.45) is 0. The van der Waals surface area contributed by atoms with E-state index in [1.165, 1.54) is 0 Å². The van der Waals surface area contributed by atoms with E-state index >= 15 is 0 Å². The van der Waals surface area contributed by atoms with Crippen molar-refractivity contribution >= 4 is 17.2 Å². The molecule has 0 aliphatic carbocycles. The third-order valence-corrected chi connectivity index (χ3v) is 3.09. The summed E-state index contributed by atoms with van der Waals surface area (Å²) in [5, 5.41) is 11.2. The summed E-state index contributed by atoms with van der Waals surface area (Å²) in [6.45, 7) is 2.70. The highest BCUT2D eigenvalue weighted by molar-refractivity contribution is 7.07. The summed E-state index contributed by atoms with van der Waals surface area (Å²) in [5.74, 6) is 0.863. The molecular weight excluding hydrogens is 234 g/mol. The van der Waals surface area contributed by atoms with Crippen LogP contribution in [0.3, 0.4) is 0 Å². The number of thiazole rings is 1. The number of rotatable bonds is 4. The molecule has 0 saturated carbocycles. The molecule has 0 aliphatic heterocycles. The number of aliphatic hydroxyl groups is 1. The van der Waals surface area contributed by atoms with Gasteiger partial charge in [0, 0.05) is 18.1 Å². The van der Waals surface area contributed by atoms with Crippen molar-refractivity contribution in [1.82, 2.24) is 9.97 Å². The molecule has 0 radical (unpaired) electrons. The van der Waals surface area contributed by atoms with Gasteiger partial charge in [-0.05, 0) is 24.6 Å². The summed E-state index contributed by atoms with van der Waals surface area (Å²) >= 11 is 1.59. The van der Waals surface area contributed by atoms with E-state index in [9.17, 15) is 0 Å². The monoisotopic (exact) mass is 249 g/mol. The van der Waals surface area contributed by atoms with Crippen LogP contribution in [0, 0.1) is 6.92 Å². The molecule has 0 spiro atoms. The zero-order chi connectivity index (χ0) is 12.3. The Balaban J connectivity index is 2.18. The SMILES string of the molecule is Cc1cc(CO)cc(N(C)Cc2cscn2)n1. The van der Waals surface area contributed by atoms with E-state index in [4.69, 9.17) is 5.11 Å². The summed E-state index contributed by atoms with van der Waals surface area (Å²) < 4.78 is 0. The van der Waals surface area contributed by atoms with E-state index < -0.39 is 0 Å². The number of nitrogens with zero attached hydrogens (tertiary/aromatic N) is 3. The van der Waals surface area contributed by atoms with Gasteiger partial charge in [0.05, 0.1) is 24.4 Å². The molecule has 0 aromatic carbocycles. The Morgan fingerprint density at radius 2 is 2.24 bits per heavy atom. The van der Waals surface area contributed by atoms with E-state index in [-0.39, 0.29) is 6.61 Å². The second-order valence-corrected chi connectivity index (χ2v) is 4.69. The number of pyridine rings is 1. The number of hydrogen-bond donors (Lipinski definition) is 1. The topological polar surface area (TPSA) is 49.2 Å². The number of aromatic nitrogens is 2. The average molecular weight is 249 g/mol. The van der Waals surface area contributed by atoms with Crippen LogP contribution in [0.5, 0.6) is 0 Å². The predicted molar refractivity (Wildman–Crippen MR) is 69.1 cm³/mol. The molecule has 0 unspecified atom stereocenters. The molecule has 0 saturated heterocycles. The van der Waals surface area contributed by atoms with Crippen LogP contribution in [0.4, 0.5) is 5.82 Å². The van der Waals surface area contributed by atoms with Crippen LogP contribution < -0.4 is 4.90 Å². The Labute approximate surface area is 105 Å². The molecule has 0 fully saturated rings. The predicted octanol–water partition coefficient (Wildman–Crippen LogP) is 1.98. The molecule has 1 N–H and O–H groups in total. The van der Waals surface area contributed by atoms with Crippen LogP contribution in [0.25, 0.3) is 0 Å². The fraction of sp³-hybridized carbons (Fsp3) is 0.333. The van der Waals surface area contributed by atoms with Crippen molar-refractivity contribution in [2.45, 2.75) is 20.1 Å². The molecule has 0 bridgehead atoms. The lowest BCUT2D eigenvalue weighted by molar-refractivity contribution is 0.281. The lowest BCUT2D eigenvalue weighted by Gasteiger charge is -2.18. The van der Waals surface area contributed by atoms with Gasteiger partial charge in [0.15, 0.2) is 0 Å². The third kappa shape index (κ3) is 3.01. The Morgan fingerprint density at radius 3 is 2.88 bits per heavy atom. The molecule has 2 aromatic rings. The van der Waals surface area contributed by atoms with E-state index in [1.54, 1.807) is 11.3 Å². The van der Waals surface area contributed by atoms with Crippen molar-refractivity contribution < 1.29 is 5.11 Å². The summed E-state index contributed by atoms with van der Waals surface area (Å²) in [6, 6.07) is 3.79. The number of hydrogen-bond acceptors (Lipinski definition) is 5. The molecule has 2 aromatic heterocycles. The number of aliphatic hydroxyl groups excluding tert-OH is 1. The fourth-order valence-corrected chi connectivity index (χ4v) is 2.20. The van der Waals surface area contributed by atoms with Crippen molar-refractivity contribution in [3.63, 3.8) is 0 Å². The molecule has 0 aliphatic rings. The highest BCUT2D eigenvalue weighted by Crippen LogP contribution is 2.16. The van der Waals surface area contributed by atoms with Crippen molar-refractivity contribution in [3.05, 3.63) is 40.0 Å². The van der Waals surface area contributed by atoms with E-state index in [0.717, 1.165) is 29.3 Å². The van der Waals surface area contributed by atoms with Crippen molar-refractivity contribution in [3.8, 4) is 0 Å². The fourth-order valence-electron chi connectivity index (χ4n) is 1.65. The molecule has 90 valence electrons. The minimum Gasteiger partial charge on any atom is -0.392 e. The molecule has 4 nitrogen and oxygen atoms in total. The van der Waals surface area contributed by atoms with Crippen LogP contribution in [0.1, 0.15) is 17.0 Å². The normalized spacial score (nSPS) is 10.5. The lowest BCUT2D eigenvalue weighted by atomic mass is 10.2. The van der Waals surface area contributed by atoms with Gasteiger partial charge in [-0.25, -0.2) is 9.97 Å². The smallest absolute Gasteiger partial charge is 0.129 e. The average Bonchev–Trinajstić information content (AvgIpc) is 2.81. The minimum absolute atomic E-state index is 0.0426. The van der Waals surface area contributed by atoms with Gasteiger partial charge in [0.2, 0.25) is 0 Å². The molecule has 5 heteroatoms. The second-order valence-electron chi connectivity index (χ2n) is 3.97. The molecule has 0 atom stereocenters. The van der Waals surface area contributed by atoms with Crippen LogP contribution >= 0.6 is 11.3 Å². The van der Waals surface area contributed by atoms with Crippen molar-refractivity contribution in [2.75, 3.05) is 11.9 Å². The Kier molecular flexibility index (Phi) is 3.71. The highest BCUT2D eigenvalue weighted by atomic mass is 32.1. The van der Waals surface area contributed by atoms with Crippen molar-refractivity contribution in [1.29, 1.82) is 0 Å². The maximum atomic E-state index is 9.17. The Morgan fingerprint density at radius 1 is 1.41 bits per heavy atom. The van der Waals surface area contributed by atoms with Gasteiger partial charge < -0.3 is 10.0 Å². The molecule has 2 heterocycles. The third-order valence-electron chi connectivity index (χ3n) is 2.46. The van der Waals surface area contributed by atoms with Gasteiger partial charge in [0.25, 0.3) is 0 Å². The van der Waals surface area contributed by atoms with Crippen LogP contribution in [0.2, 0.25) is 0 Å². The zero-order valence-corrected chi connectivity index (χ0v) is 10.7. The molecule has 2 rings (SSSR count). The Hall–Kier alpha value is -1.46. The Bertz CT molecular complexity index is 485. The number of anilines is 1. The largest absolute Gasteiger partial charge is 0.392 e. The molecular formula is C12H15N3OS. The van der Waals surface area contributed by atoms with Gasteiger partial charge in [0.1, 0.15) is 5.82 Å². The van der Waals surface area contributed by atoms with Gasteiger partial charge in [-0.2, -0.15) is 0 Å². The first-order valence-electron chi connectivity index (χ1n) is 5.35. The lowest BCUT2D eigenvalue weighted by Crippen LogP contribution is -2.18. The van der Waals surface area contributed by atoms with Gasteiger partial charge in [-0.15, -0.1) is 11.3 Å². The summed E-state index contributed by atoms with van der Waals surface area (Å²) in [5.41, 5.74) is 4.66. The maximum Gasteiger partial charge on any atom is 0.129 e. The first-order chi connectivity index (χ1) is 8.19. The van der Waals surface area contributed by atoms with Crippen LogP contribution in [0.15, 0.2) is 23.0 Å². The molecule has 17 heavy (non-hydrogen) atoms. The van der Waals surface area contributed by atoms with Gasteiger partial charge in [-0.1, -0.05) is 0 Å². The zero-order valence-electron chi connectivity index (χ0n) is 9.92. The van der Waals surface area contributed by atoms with Crippen LogP contribution in [-0.2, 0) is 13.2 Å². The minimum atomic E-state index is 0.0426. The summed E-state index contributed by atoms with van der Waals surface area (Å²) in [4.78, 5) is 10.7. The van der Waals surface area contributed by atoms with Crippen molar-refractivity contribution in [2.24, 2.45) is 0 Å². The first kappa shape index (κ1) is 12.0. The van der Waals surface area contributed by atoms with Gasteiger partial charge in [-0.3, -0.25) is 0 Å². The second kappa shape index (κ2) is 5.25. The maximum absolute atomic E-state index is 9.17. The van der Waals surface area contributed by atoms with E-state index in [2.05, 4.69) is 9.97 Å².